The number of hydrogen-bond acceptors (Lipinski definition) is 3. The van der Waals surface area contributed by atoms with Gasteiger partial charge in [-0.05, 0) is 66.8 Å². The van der Waals surface area contributed by atoms with Crippen molar-refractivity contribution < 1.29 is 27.8 Å². The molecule has 7 nitrogen and oxygen atoms in total. The van der Waals surface area contributed by atoms with E-state index in [9.17, 15) is 0 Å². The van der Waals surface area contributed by atoms with Crippen molar-refractivity contribution in [3.8, 4) is 0 Å². The molecule has 49 heavy (non-hydrogen) atoms. The summed E-state index contributed by atoms with van der Waals surface area (Å²) in [7, 11) is 6.46. The topological polar surface area (TPSA) is 40.4 Å². The van der Waals surface area contributed by atoms with E-state index in [1.807, 2.05) is 26.5 Å². The van der Waals surface area contributed by atoms with Gasteiger partial charge in [0.25, 0.3) is 0 Å². The van der Waals surface area contributed by atoms with Crippen molar-refractivity contribution in [2.24, 2.45) is 14.1 Å². The number of aryl methyl sites for hydroxylation is 2. The molecule has 1 aliphatic heterocycles. The van der Waals surface area contributed by atoms with Crippen LogP contribution in [0.5, 0.6) is 0 Å². The maximum atomic E-state index is 6.10. The first-order valence-electron chi connectivity index (χ1n) is 17.9. The average Bonchev–Trinajstić information content (AvgIpc) is 3.41. The van der Waals surface area contributed by atoms with Gasteiger partial charge in [-0.1, -0.05) is 36.4 Å². The molecule has 6 rings (SSSR count). The number of piperidine rings is 1. The minimum Gasteiger partial charge on any atom is -0.377 e. The Bertz CT molecular complexity index is 1770. The first-order chi connectivity index (χ1) is 24.0. The van der Waals surface area contributed by atoms with Crippen LogP contribution >= 0.6 is 0 Å². The largest absolute Gasteiger partial charge is 0.377 e. The van der Waals surface area contributed by atoms with Gasteiger partial charge < -0.3 is 23.3 Å². The van der Waals surface area contributed by atoms with Gasteiger partial charge in [-0.15, -0.1) is 0 Å². The average molecular weight is 662 g/mol. The molecule has 4 heterocycles. The van der Waals surface area contributed by atoms with Crippen LogP contribution in [0.15, 0.2) is 85.5 Å². The summed E-state index contributed by atoms with van der Waals surface area (Å²) in [6.07, 6.45) is 21.1. The summed E-state index contributed by atoms with van der Waals surface area (Å²) in [5, 5.41) is 2.51. The predicted molar refractivity (Wildman–Crippen MR) is 200 cm³/mol. The zero-order valence-corrected chi connectivity index (χ0v) is 29.6. The summed E-state index contributed by atoms with van der Waals surface area (Å²) in [4.78, 5) is 0. The molecule has 0 amide bonds. The first kappa shape index (κ1) is 34.7. The minimum absolute atomic E-state index is 0.567. The predicted octanol–water partition coefficient (Wildman–Crippen LogP) is 6.46. The standard InChI is InChI=1S/C42H53N4O3/c1-43-19-7-9-37(33-43)13-11-35-15-17-39-40-18-16-36(12-14-38-10-8-20-44(2)34-38)32-42(40)45(41(39)31-35)21-25-47-27-29-49-30-28-48-26-24-46(3)22-5-4-6-23-46/h7-20,31-34H,4-6,21-30H2,1-3H3/q+3/b13-11+,14-12+. The van der Waals surface area contributed by atoms with Gasteiger partial charge in [-0.3, -0.25) is 0 Å². The highest BCUT2D eigenvalue weighted by Gasteiger charge is 2.24. The highest BCUT2D eigenvalue weighted by molar-refractivity contribution is 6.09. The molecule has 5 aromatic rings. The van der Waals surface area contributed by atoms with Crippen molar-refractivity contribution >= 4 is 46.1 Å². The molecule has 0 atom stereocenters. The number of aromatic nitrogens is 3. The normalized spacial score (nSPS) is 14.9. The van der Waals surface area contributed by atoms with Crippen molar-refractivity contribution in [3.05, 3.63) is 108 Å². The lowest BCUT2D eigenvalue weighted by atomic mass is 10.1. The number of quaternary nitrogens is 1. The van der Waals surface area contributed by atoms with E-state index in [-0.39, 0.29) is 0 Å². The molecule has 2 aromatic carbocycles. The molecule has 0 radical (unpaired) electrons. The molecule has 1 saturated heterocycles. The molecule has 0 aliphatic carbocycles. The van der Waals surface area contributed by atoms with Crippen LogP contribution < -0.4 is 9.13 Å². The number of nitrogens with zero attached hydrogens (tertiary/aromatic N) is 4. The van der Waals surface area contributed by atoms with E-state index in [2.05, 4.69) is 118 Å². The summed E-state index contributed by atoms with van der Waals surface area (Å²) in [5.74, 6) is 0. The highest BCUT2D eigenvalue weighted by atomic mass is 16.5. The van der Waals surface area contributed by atoms with E-state index in [0.717, 1.165) is 24.2 Å². The SMILES string of the molecule is C[n+]1cccc(/C=C/c2ccc3c4ccc(/C=C/c5ccc[n+](C)c5)cc4n(CCOCCOCCOCC[N+]4(C)CCCCC4)c3c2)c1. The summed E-state index contributed by atoms with van der Waals surface area (Å²) in [5.41, 5.74) is 7.11. The molecular formula is C42H53N4O3+3. The van der Waals surface area contributed by atoms with Gasteiger partial charge in [0.2, 0.25) is 0 Å². The lowest BCUT2D eigenvalue weighted by molar-refractivity contribution is -0.914. The number of benzene rings is 2. The summed E-state index contributed by atoms with van der Waals surface area (Å²) in [6.45, 7) is 8.21. The monoisotopic (exact) mass is 661 g/mol. The van der Waals surface area contributed by atoms with E-state index in [1.165, 1.54) is 76.4 Å². The second-order valence-electron chi connectivity index (χ2n) is 13.7. The van der Waals surface area contributed by atoms with Gasteiger partial charge in [-0.25, -0.2) is 9.13 Å². The Kier molecular flexibility index (Phi) is 12.0. The molecule has 0 spiro atoms. The lowest BCUT2D eigenvalue weighted by Gasteiger charge is -2.37. The van der Waals surface area contributed by atoms with Crippen molar-refractivity contribution in [2.45, 2.75) is 25.8 Å². The zero-order chi connectivity index (χ0) is 33.9. The zero-order valence-electron chi connectivity index (χ0n) is 29.6. The smallest absolute Gasteiger partial charge is 0.175 e. The molecule has 3 aromatic heterocycles. The molecule has 0 unspecified atom stereocenters. The lowest BCUT2D eigenvalue weighted by Crippen LogP contribution is -2.49. The molecular weight excluding hydrogens is 608 g/mol. The Balaban J connectivity index is 1.09. The molecule has 7 heteroatoms. The fraction of sp³-hybridized carbons (Fsp3) is 0.381. The third-order valence-electron chi connectivity index (χ3n) is 9.65. The van der Waals surface area contributed by atoms with Gasteiger partial charge in [0.15, 0.2) is 24.8 Å². The van der Waals surface area contributed by atoms with Crippen LogP contribution in [0.1, 0.15) is 41.5 Å². The number of likely N-dealkylation sites (tertiary alicyclic amines) is 1. The van der Waals surface area contributed by atoms with Crippen LogP contribution in [-0.2, 0) is 34.9 Å². The van der Waals surface area contributed by atoms with Crippen LogP contribution in [0.25, 0.3) is 46.1 Å². The molecule has 0 bridgehead atoms. The number of pyridine rings is 2. The maximum Gasteiger partial charge on any atom is 0.175 e. The van der Waals surface area contributed by atoms with Crippen LogP contribution in [0.2, 0.25) is 0 Å². The molecule has 0 saturated carbocycles. The van der Waals surface area contributed by atoms with Gasteiger partial charge in [0, 0.05) is 51.6 Å². The number of fused-ring (bicyclic) bond motifs is 3. The highest BCUT2D eigenvalue weighted by Crippen LogP contribution is 2.31. The van der Waals surface area contributed by atoms with E-state index < -0.39 is 0 Å². The van der Waals surface area contributed by atoms with E-state index in [0.29, 0.717) is 33.0 Å². The number of ether oxygens (including phenoxy) is 3. The Hall–Kier alpha value is -4.14. The maximum absolute atomic E-state index is 6.10. The molecule has 1 aliphatic rings. The van der Waals surface area contributed by atoms with Crippen LogP contribution in [0, 0.1) is 0 Å². The second-order valence-corrected chi connectivity index (χ2v) is 13.7. The van der Waals surface area contributed by atoms with Crippen LogP contribution in [-0.4, -0.2) is 75.4 Å². The fourth-order valence-electron chi connectivity index (χ4n) is 6.86. The van der Waals surface area contributed by atoms with Crippen LogP contribution in [0.4, 0.5) is 0 Å². The summed E-state index contributed by atoms with van der Waals surface area (Å²) in [6, 6.07) is 21.9. The van der Waals surface area contributed by atoms with Gasteiger partial charge in [0.1, 0.15) is 20.6 Å². The minimum atomic E-state index is 0.567. The summed E-state index contributed by atoms with van der Waals surface area (Å²) >= 11 is 0. The fourth-order valence-corrected chi connectivity index (χ4v) is 6.86. The third-order valence-corrected chi connectivity index (χ3v) is 9.65. The second kappa shape index (κ2) is 17.0. The molecule has 256 valence electrons. The molecule has 0 N–H and O–H groups in total. The van der Waals surface area contributed by atoms with E-state index in [1.54, 1.807) is 0 Å². The quantitative estimate of drug-likeness (QED) is 0.0693. The van der Waals surface area contributed by atoms with E-state index >= 15 is 0 Å². The van der Waals surface area contributed by atoms with Crippen LogP contribution in [0.3, 0.4) is 0 Å². The van der Waals surface area contributed by atoms with E-state index in [4.69, 9.17) is 14.2 Å². The number of hydrogen-bond donors (Lipinski definition) is 0. The Labute approximate surface area is 291 Å². The Morgan fingerprint density at radius 2 is 1.10 bits per heavy atom. The summed E-state index contributed by atoms with van der Waals surface area (Å²) < 4.78 is 25.5. The van der Waals surface area contributed by atoms with Crippen molar-refractivity contribution in [1.82, 2.24) is 4.57 Å². The van der Waals surface area contributed by atoms with Gasteiger partial charge in [0.05, 0.1) is 59.8 Å². The van der Waals surface area contributed by atoms with Gasteiger partial charge >= 0.3 is 0 Å². The van der Waals surface area contributed by atoms with Crippen molar-refractivity contribution in [2.75, 3.05) is 66.3 Å². The number of rotatable bonds is 16. The van der Waals surface area contributed by atoms with Crippen molar-refractivity contribution in [3.63, 3.8) is 0 Å². The first-order valence-corrected chi connectivity index (χ1v) is 17.9. The number of likely N-dealkylation sites (N-methyl/N-ethyl adjacent to an activating group) is 1. The molecule has 1 fully saturated rings. The van der Waals surface area contributed by atoms with Crippen molar-refractivity contribution in [1.29, 1.82) is 0 Å². The Morgan fingerprint density at radius 1 is 0.612 bits per heavy atom. The third kappa shape index (κ3) is 9.73. The van der Waals surface area contributed by atoms with Gasteiger partial charge in [-0.2, -0.15) is 0 Å². The Morgan fingerprint density at radius 3 is 1.63 bits per heavy atom.